The van der Waals surface area contributed by atoms with Gasteiger partial charge in [0.15, 0.2) is 11.0 Å². The fraction of sp³-hybridized carbons (Fsp3) is 0.500. The van der Waals surface area contributed by atoms with Crippen molar-refractivity contribution in [3.8, 4) is 0 Å². The molecule has 9 nitrogen and oxygen atoms in total. The van der Waals surface area contributed by atoms with Gasteiger partial charge in [-0.25, -0.2) is 14.5 Å². The maximum Gasteiger partial charge on any atom is 0.350 e. The molecule has 0 aliphatic heterocycles. The zero-order valence-electron chi connectivity index (χ0n) is 14.4. The quantitative estimate of drug-likeness (QED) is 0.419. The lowest BCUT2D eigenvalue weighted by Crippen LogP contribution is -2.17. The molecule has 3 N–H and O–H groups in total. The lowest BCUT2D eigenvalue weighted by atomic mass is 10.4. The average Bonchev–Trinajstić information content (AvgIpc) is 3.07. The van der Waals surface area contributed by atoms with Crippen molar-refractivity contribution in [1.82, 2.24) is 19.9 Å². The number of nitrogens with one attached hydrogen (secondary N) is 1. The largest absolute Gasteiger partial charge is 0.459 e. The predicted octanol–water partition coefficient (Wildman–Crippen LogP) is 1.62. The molecule has 0 fully saturated rings. The Kier molecular flexibility index (Phi) is 6.37. The number of amides is 1. The first-order chi connectivity index (χ1) is 11.8. The number of thiazole rings is 1. The molecule has 2 aromatic heterocycles. The summed E-state index contributed by atoms with van der Waals surface area (Å²) in [5.74, 6) is 5.86. The Morgan fingerprint density at radius 3 is 2.72 bits per heavy atom. The highest BCUT2D eigenvalue weighted by Crippen LogP contribution is 2.24. The number of nitrogens with zero attached hydrogens (tertiary/aromatic N) is 4. The zero-order valence-corrected chi connectivity index (χ0v) is 16.0. The van der Waals surface area contributed by atoms with Crippen molar-refractivity contribution in [2.45, 2.75) is 45.4 Å². The van der Waals surface area contributed by atoms with Gasteiger partial charge in [0.2, 0.25) is 11.1 Å². The molecule has 2 aromatic rings. The zero-order chi connectivity index (χ0) is 18.6. The number of ether oxygens (including phenoxy) is 1. The minimum absolute atomic E-state index is 0.101. The van der Waals surface area contributed by atoms with Crippen LogP contribution in [0.1, 0.15) is 42.0 Å². The van der Waals surface area contributed by atoms with Crippen molar-refractivity contribution >= 4 is 40.1 Å². The summed E-state index contributed by atoms with van der Waals surface area (Å²) in [6, 6.07) is 0. The fourth-order valence-corrected chi connectivity index (χ4v) is 3.38. The molecule has 11 heteroatoms. The van der Waals surface area contributed by atoms with Crippen molar-refractivity contribution in [3.63, 3.8) is 0 Å². The van der Waals surface area contributed by atoms with Gasteiger partial charge in [0.25, 0.3) is 0 Å². The molecule has 0 unspecified atom stereocenters. The van der Waals surface area contributed by atoms with Gasteiger partial charge in [0, 0.05) is 6.42 Å². The number of aryl methyl sites for hydroxylation is 2. The van der Waals surface area contributed by atoms with Crippen LogP contribution in [0.4, 0.5) is 5.13 Å². The van der Waals surface area contributed by atoms with Gasteiger partial charge < -0.3 is 15.9 Å². The molecule has 0 bridgehead atoms. The lowest BCUT2D eigenvalue weighted by molar-refractivity contribution is -0.113. The molecule has 0 saturated heterocycles. The number of aromatic nitrogens is 4. The second kappa shape index (κ2) is 8.30. The average molecular weight is 384 g/mol. The summed E-state index contributed by atoms with van der Waals surface area (Å²) in [6.45, 7) is 7.16. The van der Waals surface area contributed by atoms with E-state index in [1.54, 1.807) is 20.8 Å². The first-order valence-corrected chi connectivity index (χ1v) is 9.42. The lowest BCUT2D eigenvalue weighted by Gasteiger charge is -2.05. The molecule has 136 valence electrons. The Labute approximate surface area is 153 Å². The van der Waals surface area contributed by atoms with E-state index in [4.69, 9.17) is 10.6 Å². The first kappa shape index (κ1) is 19.2. The van der Waals surface area contributed by atoms with Crippen molar-refractivity contribution in [2.75, 3.05) is 16.9 Å². The number of thioether (sulfide) groups is 1. The Morgan fingerprint density at radius 1 is 1.40 bits per heavy atom. The molecule has 0 saturated carbocycles. The number of hydrogen-bond donors (Lipinski definition) is 2. The Balaban J connectivity index is 1.94. The van der Waals surface area contributed by atoms with E-state index >= 15 is 0 Å². The summed E-state index contributed by atoms with van der Waals surface area (Å²) in [5, 5.41) is 11.3. The van der Waals surface area contributed by atoms with Gasteiger partial charge in [0.05, 0.1) is 17.6 Å². The van der Waals surface area contributed by atoms with Crippen LogP contribution >= 0.6 is 23.1 Å². The van der Waals surface area contributed by atoms with Crippen molar-refractivity contribution in [3.05, 3.63) is 16.4 Å². The van der Waals surface area contributed by atoms with Crippen LogP contribution in [0, 0.1) is 6.92 Å². The molecular weight excluding hydrogens is 364 g/mol. The molecule has 25 heavy (non-hydrogen) atoms. The molecule has 0 aliphatic rings. The number of rotatable bonds is 7. The van der Waals surface area contributed by atoms with Crippen LogP contribution in [-0.2, 0) is 16.0 Å². The van der Waals surface area contributed by atoms with E-state index < -0.39 is 5.97 Å². The van der Waals surface area contributed by atoms with Crippen molar-refractivity contribution in [2.24, 2.45) is 0 Å². The van der Waals surface area contributed by atoms with Gasteiger partial charge in [-0.2, -0.15) is 0 Å². The van der Waals surface area contributed by atoms with Crippen molar-refractivity contribution in [1.29, 1.82) is 0 Å². The fourth-order valence-electron chi connectivity index (χ4n) is 1.84. The molecular formula is C14H20N6O3S2. The SMILES string of the molecule is CCc1nnc(SCC(=O)Nc2nc(C)c(C(=O)OC(C)C)s2)n1N. The number of anilines is 1. The van der Waals surface area contributed by atoms with E-state index in [0.29, 0.717) is 33.1 Å². The molecule has 0 atom stereocenters. The molecule has 2 rings (SSSR count). The second-order valence-electron chi connectivity index (χ2n) is 5.35. The minimum Gasteiger partial charge on any atom is -0.459 e. The summed E-state index contributed by atoms with van der Waals surface area (Å²) in [5.41, 5.74) is 0.521. The van der Waals surface area contributed by atoms with Crippen LogP contribution in [0.15, 0.2) is 5.16 Å². The second-order valence-corrected chi connectivity index (χ2v) is 7.29. The Hall–Kier alpha value is -2.14. The van der Waals surface area contributed by atoms with Gasteiger partial charge in [-0.3, -0.25) is 4.79 Å². The maximum absolute atomic E-state index is 12.1. The summed E-state index contributed by atoms with van der Waals surface area (Å²) >= 11 is 2.26. The molecule has 2 heterocycles. The first-order valence-electron chi connectivity index (χ1n) is 7.62. The van der Waals surface area contributed by atoms with E-state index in [0.717, 1.165) is 11.3 Å². The molecule has 0 aromatic carbocycles. The molecule has 1 amide bonds. The van der Waals surface area contributed by atoms with Gasteiger partial charge in [0.1, 0.15) is 4.88 Å². The normalized spacial score (nSPS) is 10.9. The van der Waals surface area contributed by atoms with E-state index in [2.05, 4.69) is 20.5 Å². The smallest absolute Gasteiger partial charge is 0.350 e. The van der Waals surface area contributed by atoms with E-state index in [1.807, 2.05) is 6.92 Å². The van der Waals surface area contributed by atoms with Gasteiger partial charge in [-0.1, -0.05) is 30.0 Å². The molecule has 0 spiro atoms. The van der Waals surface area contributed by atoms with Crippen LogP contribution in [0.5, 0.6) is 0 Å². The highest BCUT2D eigenvalue weighted by Gasteiger charge is 2.19. The number of hydrogen-bond acceptors (Lipinski definition) is 9. The monoisotopic (exact) mass is 384 g/mol. The van der Waals surface area contributed by atoms with Crippen LogP contribution in [0.2, 0.25) is 0 Å². The molecule has 0 radical (unpaired) electrons. The number of esters is 1. The third kappa shape index (κ3) is 4.92. The highest BCUT2D eigenvalue weighted by atomic mass is 32.2. The Bertz CT molecular complexity index is 771. The van der Waals surface area contributed by atoms with Gasteiger partial charge in [-0.05, 0) is 20.8 Å². The van der Waals surface area contributed by atoms with Gasteiger partial charge >= 0.3 is 5.97 Å². The maximum atomic E-state index is 12.1. The summed E-state index contributed by atoms with van der Waals surface area (Å²) in [4.78, 5) is 28.6. The standard InChI is InChI=1S/C14H20N6O3S2/c1-5-9-18-19-14(20(9)15)24-6-10(21)17-13-16-8(4)11(25-13)12(22)23-7(2)3/h7H,5-6,15H2,1-4H3,(H,16,17,21). The topological polar surface area (TPSA) is 125 Å². The van der Waals surface area contributed by atoms with Crippen LogP contribution in [0.25, 0.3) is 0 Å². The minimum atomic E-state index is -0.441. The number of carbonyl (C=O) groups is 2. The molecule has 0 aliphatic carbocycles. The van der Waals surface area contributed by atoms with E-state index in [1.165, 1.54) is 16.4 Å². The number of nitrogen functional groups attached to an aromatic ring is 1. The number of carbonyl (C=O) groups excluding carboxylic acids is 2. The predicted molar refractivity (Wildman–Crippen MR) is 96.3 cm³/mol. The van der Waals surface area contributed by atoms with Gasteiger partial charge in [-0.15, -0.1) is 10.2 Å². The number of nitrogens with two attached hydrogens (primary N) is 1. The summed E-state index contributed by atoms with van der Waals surface area (Å²) in [7, 11) is 0. The van der Waals surface area contributed by atoms with Crippen LogP contribution < -0.4 is 11.2 Å². The van der Waals surface area contributed by atoms with Crippen LogP contribution in [0.3, 0.4) is 0 Å². The van der Waals surface area contributed by atoms with E-state index in [9.17, 15) is 9.59 Å². The van der Waals surface area contributed by atoms with E-state index in [-0.39, 0.29) is 17.8 Å². The Morgan fingerprint density at radius 2 is 2.12 bits per heavy atom. The summed E-state index contributed by atoms with van der Waals surface area (Å²) < 4.78 is 6.52. The third-order valence-electron chi connectivity index (χ3n) is 2.95. The highest BCUT2D eigenvalue weighted by molar-refractivity contribution is 7.99. The summed E-state index contributed by atoms with van der Waals surface area (Å²) in [6.07, 6.45) is 0.439. The van der Waals surface area contributed by atoms with Crippen LogP contribution in [-0.4, -0.2) is 43.6 Å². The third-order valence-corrected chi connectivity index (χ3v) is 4.95. The van der Waals surface area contributed by atoms with Crippen molar-refractivity contribution < 1.29 is 14.3 Å².